The summed E-state index contributed by atoms with van der Waals surface area (Å²) in [5.41, 5.74) is 1.15. The average Bonchev–Trinajstić information content (AvgIpc) is 2.17. The topological polar surface area (TPSA) is 12.0 Å². The van der Waals surface area contributed by atoms with Gasteiger partial charge in [-0.25, -0.2) is 0 Å². The number of fused-ring (bicyclic) bond motifs is 1. The number of hydrogen-bond acceptors (Lipinski definition) is 1. The van der Waals surface area contributed by atoms with Crippen LogP contribution >= 0.6 is 22.9 Å². The molecule has 0 unspecified atom stereocenters. The van der Waals surface area contributed by atoms with Gasteiger partial charge >= 0.3 is 0 Å². The molecule has 2 aromatic carbocycles. The van der Waals surface area contributed by atoms with Crippen LogP contribution < -0.4 is 3.53 Å². The van der Waals surface area contributed by atoms with Crippen LogP contribution in [-0.2, 0) is 0 Å². The normalized spacial score (nSPS) is 10.1. The van der Waals surface area contributed by atoms with E-state index in [-0.39, 0.29) is 0 Å². The molecule has 2 aromatic rings. The van der Waals surface area contributed by atoms with E-state index in [9.17, 15) is 0 Å². The summed E-state index contributed by atoms with van der Waals surface area (Å²) in [7, 11) is 0. The highest BCUT2D eigenvalue weighted by atomic mass is 127. The Balaban J connectivity index is 2.67. The fourth-order valence-corrected chi connectivity index (χ4v) is 1.58. The van der Waals surface area contributed by atoms with Gasteiger partial charge in [0.05, 0.1) is 22.9 Å². The van der Waals surface area contributed by atoms with Gasteiger partial charge in [-0.3, -0.25) is 0 Å². The van der Waals surface area contributed by atoms with Gasteiger partial charge in [-0.15, -0.1) is 0 Å². The van der Waals surface area contributed by atoms with Crippen molar-refractivity contribution in [3.8, 4) is 0 Å². The van der Waals surface area contributed by atoms with E-state index in [1.807, 2.05) is 0 Å². The van der Waals surface area contributed by atoms with E-state index in [0.717, 1.165) is 5.69 Å². The lowest BCUT2D eigenvalue weighted by Gasteiger charge is -2.00. The molecule has 0 saturated carbocycles. The first-order valence-electron chi connectivity index (χ1n) is 3.75. The molecule has 1 N–H and O–H groups in total. The molecule has 2 rings (SSSR count). The minimum atomic E-state index is 1.15. The standard InChI is InChI=1S/C10H8IN/c11-12-10-6-5-8-3-1-2-4-9(8)7-10/h1-7,12H. The van der Waals surface area contributed by atoms with Gasteiger partial charge in [-0.2, -0.15) is 0 Å². The first-order valence-corrected chi connectivity index (χ1v) is 4.83. The molecule has 0 aliphatic rings. The molecule has 0 spiro atoms. The third-order valence-corrected chi connectivity index (χ3v) is 2.48. The molecule has 0 fully saturated rings. The summed E-state index contributed by atoms with van der Waals surface area (Å²) < 4.78 is 3.09. The number of halogens is 1. The van der Waals surface area contributed by atoms with Crippen LogP contribution in [0.5, 0.6) is 0 Å². The van der Waals surface area contributed by atoms with Crippen LogP contribution in [0.1, 0.15) is 0 Å². The highest BCUT2D eigenvalue weighted by molar-refractivity contribution is 14.1. The quantitative estimate of drug-likeness (QED) is 0.616. The van der Waals surface area contributed by atoms with Crippen LogP contribution in [-0.4, -0.2) is 0 Å². The molecule has 0 heterocycles. The Bertz CT molecular complexity index is 398. The summed E-state index contributed by atoms with van der Waals surface area (Å²) in [5, 5.41) is 2.56. The summed E-state index contributed by atoms with van der Waals surface area (Å²) in [5.74, 6) is 0. The zero-order chi connectivity index (χ0) is 8.39. The first kappa shape index (κ1) is 7.86. The second-order valence-electron chi connectivity index (χ2n) is 2.66. The maximum Gasteiger partial charge on any atom is 0.0560 e. The Morgan fingerprint density at radius 1 is 0.917 bits per heavy atom. The Morgan fingerprint density at radius 3 is 2.42 bits per heavy atom. The van der Waals surface area contributed by atoms with Crippen molar-refractivity contribution in [1.82, 2.24) is 0 Å². The largest absolute Gasteiger partial charge is 0.328 e. The molecular formula is C10H8IN. The van der Waals surface area contributed by atoms with Gasteiger partial charge in [0.25, 0.3) is 0 Å². The van der Waals surface area contributed by atoms with Gasteiger partial charge in [0.1, 0.15) is 0 Å². The van der Waals surface area contributed by atoms with Crippen LogP contribution in [0, 0.1) is 0 Å². The first-order chi connectivity index (χ1) is 5.90. The molecule has 0 radical (unpaired) electrons. The lowest BCUT2D eigenvalue weighted by atomic mass is 10.1. The van der Waals surface area contributed by atoms with Crippen LogP contribution in [0.4, 0.5) is 5.69 Å². The molecule has 0 aromatic heterocycles. The summed E-state index contributed by atoms with van der Waals surface area (Å²) in [4.78, 5) is 0. The summed E-state index contributed by atoms with van der Waals surface area (Å²) in [6, 6.07) is 14.7. The van der Waals surface area contributed by atoms with Gasteiger partial charge in [0.2, 0.25) is 0 Å². The van der Waals surface area contributed by atoms with Crippen molar-refractivity contribution in [1.29, 1.82) is 0 Å². The number of benzene rings is 2. The summed E-state index contributed by atoms with van der Waals surface area (Å²) >= 11 is 2.14. The lowest BCUT2D eigenvalue weighted by molar-refractivity contribution is 1.74. The third-order valence-electron chi connectivity index (χ3n) is 1.86. The highest BCUT2D eigenvalue weighted by Crippen LogP contribution is 2.19. The lowest BCUT2D eigenvalue weighted by Crippen LogP contribution is -1.78. The van der Waals surface area contributed by atoms with Gasteiger partial charge < -0.3 is 3.53 Å². The van der Waals surface area contributed by atoms with Gasteiger partial charge in [-0.1, -0.05) is 30.3 Å². The molecule has 0 amide bonds. The molecular weight excluding hydrogens is 261 g/mol. The molecule has 0 saturated heterocycles. The number of nitrogens with one attached hydrogen (secondary N) is 1. The molecule has 60 valence electrons. The maximum absolute atomic E-state index is 3.09. The van der Waals surface area contributed by atoms with E-state index in [0.29, 0.717) is 0 Å². The minimum absolute atomic E-state index is 1.15. The molecule has 1 nitrogen and oxygen atoms in total. The highest BCUT2D eigenvalue weighted by Gasteiger charge is 1.92. The number of rotatable bonds is 1. The molecule has 0 atom stereocenters. The predicted octanol–water partition coefficient (Wildman–Crippen LogP) is 3.60. The van der Waals surface area contributed by atoms with Crippen molar-refractivity contribution in [2.45, 2.75) is 0 Å². The van der Waals surface area contributed by atoms with E-state index in [2.05, 4.69) is 68.9 Å². The number of hydrogen-bond donors (Lipinski definition) is 1. The van der Waals surface area contributed by atoms with Crippen LogP contribution in [0.15, 0.2) is 42.5 Å². The monoisotopic (exact) mass is 269 g/mol. The van der Waals surface area contributed by atoms with Crippen LogP contribution in [0.2, 0.25) is 0 Å². The predicted molar refractivity (Wildman–Crippen MR) is 61.6 cm³/mol. The van der Waals surface area contributed by atoms with Crippen molar-refractivity contribution >= 4 is 39.3 Å². The smallest absolute Gasteiger partial charge is 0.0560 e. The zero-order valence-electron chi connectivity index (χ0n) is 6.42. The van der Waals surface area contributed by atoms with Crippen LogP contribution in [0.3, 0.4) is 0 Å². The molecule has 0 aliphatic carbocycles. The van der Waals surface area contributed by atoms with Crippen LogP contribution in [0.25, 0.3) is 10.8 Å². The summed E-state index contributed by atoms with van der Waals surface area (Å²) in [6.45, 7) is 0. The van der Waals surface area contributed by atoms with Crippen molar-refractivity contribution in [3.63, 3.8) is 0 Å². The molecule has 0 aliphatic heterocycles. The Morgan fingerprint density at radius 2 is 1.67 bits per heavy atom. The zero-order valence-corrected chi connectivity index (χ0v) is 8.58. The Kier molecular flexibility index (Phi) is 2.17. The second kappa shape index (κ2) is 3.31. The fourth-order valence-electron chi connectivity index (χ4n) is 1.25. The van der Waals surface area contributed by atoms with Crippen molar-refractivity contribution in [3.05, 3.63) is 42.5 Å². The van der Waals surface area contributed by atoms with E-state index < -0.39 is 0 Å². The minimum Gasteiger partial charge on any atom is -0.328 e. The van der Waals surface area contributed by atoms with Crippen molar-refractivity contribution in [2.24, 2.45) is 0 Å². The van der Waals surface area contributed by atoms with Crippen molar-refractivity contribution < 1.29 is 0 Å². The maximum atomic E-state index is 3.09. The molecule has 12 heavy (non-hydrogen) atoms. The Labute approximate surface area is 85.3 Å². The van der Waals surface area contributed by atoms with E-state index in [1.54, 1.807) is 0 Å². The number of anilines is 1. The molecule has 0 bridgehead atoms. The summed E-state index contributed by atoms with van der Waals surface area (Å²) in [6.07, 6.45) is 0. The fraction of sp³-hybridized carbons (Fsp3) is 0. The second-order valence-corrected chi connectivity index (χ2v) is 3.20. The van der Waals surface area contributed by atoms with Gasteiger partial charge in [-0.05, 0) is 22.9 Å². The van der Waals surface area contributed by atoms with E-state index in [4.69, 9.17) is 0 Å². The van der Waals surface area contributed by atoms with Gasteiger partial charge in [0, 0.05) is 5.69 Å². The third kappa shape index (κ3) is 1.39. The Hall–Kier alpha value is -0.770. The van der Waals surface area contributed by atoms with Gasteiger partial charge in [0.15, 0.2) is 0 Å². The van der Waals surface area contributed by atoms with E-state index in [1.165, 1.54) is 10.8 Å². The molecule has 2 heteroatoms. The van der Waals surface area contributed by atoms with Crippen molar-refractivity contribution in [2.75, 3.05) is 3.53 Å². The SMILES string of the molecule is INc1ccc2ccccc2c1. The van der Waals surface area contributed by atoms with E-state index >= 15 is 0 Å². The average molecular weight is 269 g/mol.